The van der Waals surface area contributed by atoms with E-state index in [0.717, 1.165) is 23.1 Å². The molecular formula is C20H22ClN3O3. The number of ether oxygens (including phenoxy) is 1. The van der Waals surface area contributed by atoms with Gasteiger partial charge in [-0.25, -0.2) is 4.98 Å². The van der Waals surface area contributed by atoms with Crippen molar-refractivity contribution in [3.8, 4) is 0 Å². The molecule has 1 amide bonds. The van der Waals surface area contributed by atoms with Crippen molar-refractivity contribution in [2.75, 3.05) is 25.1 Å². The van der Waals surface area contributed by atoms with Gasteiger partial charge in [-0.3, -0.25) is 4.79 Å². The maximum absolute atomic E-state index is 12.4. The lowest BCUT2D eigenvalue weighted by Crippen LogP contribution is -2.26. The summed E-state index contributed by atoms with van der Waals surface area (Å²) in [4.78, 5) is 16.9. The van der Waals surface area contributed by atoms with Gasteiger partial charge in [0.25, 0.3) is 5.91 Å². The normalized spacial score (nSPS) is 10.9. The van der Waals surface area contributed by atoms with Gasteiger partial charge in [-0.15, -0.1) is 0 Å². The molecule has 0 atom stereocenters. The minimum absolute atomic E-state index is 0.255. The Balaban J connectivity index is 1.79. The van der Waals surface area contributed by atoms with Crippen LogP contribution in [0, 0.1) is 6.92 Å². The van der Waals surface area contributed by atoms with E-state index in [1.807, 2.05) is 38.1 Å². The molecule has 27 heavy (non-hydrogen) atoms. The fourth-order valence-corrected chi connectivity index (χ4v) is 2.78. The number of carbonyl (C=O) groups excluding carboxylic acids is 1. The number of hydrogen-bond acceptors (Lipinski definition) is 5. The summed E-state index contributed by atoms with van der Waals surface area (Å²) in [5.41, 5.74) is 2.65. The number of carbonyl (C=O) groups is 1. The van der Waals surface area contributed by atoms with Crippen LogP contribution in [0.3, 0.4) is 0 Å². The van der Waals surface area contributed by atoms with Crippen molar-refractivity contribution in [1.29, 1.82) is 0 Å². The summed E-state index contributed by atoms with van der Waals surface area (Å²) in [6.45, 7) is 5.68. The number of nitrogens with zero attached hydrogens (tertiary/aromatic N) is 1. The minimum Gasteiger partial charge on any atom is -0.464 e. The number of aryl methyl sites for hydroxylation is 1. The van der Waals surface area contributed by atoms with E-state index in [1.54, 1.807) is 12.3 Å². The maximum Gasteiger partial charge on any atom is 0.270 e. The number of rotatable bonds is 8. The summed E-state index contributed by atoms with van der Waals surface area (Å²) in [6.07, 6.45) is 2.32. The zero-order valence-electron chi connectivity index (χ0n) is 15.3. The molecule has 0 fully saturated rings. The van der Waals surface area contributed by atoms with Crippen molar-refractivity contribution in [3.63, 3.8) is 0 Å². The first-order valence-electron chi connectivity index (χ1n) is 8.86. The number of fused-ring (bicyclic) bond motifs is 1. The number of hydrogen-bond donors (Lipinski definition) is 2. The summed E-state index contributed by atoms with van der Waals surface area (Å²) in [5.74, 6) is 0.287. The van der Waals surface area contributed by atoms with Crippen LogP contribution in [0.1, 0.15) is 29.4 Å². The van der Waals surface area contributed by atoms with Crippen molar-refractivity contribution < 1.29 is 13.9 Å². The largest absolute Gasteiger partial charge is 0.464 e. The SMILES string of the molecule is CCOCCCNC(=O)c1cc2occc2c(Nc2ccc(C)c(Cl)c2)n1. The second-order valence-corrected chi connectivity index (χ2v) is 6.49. The number of aromatic nitrogens is 1. The molecule has 2 heterocycles. The van der Waals surface area contributed by atoms with Crippen LogP contribution < -0.4 is 10.6 Å². The third-order valence-corrected chi connectivity index (χ3v) is 4.48. The molecule has 0 aliphatic carbocycles. The lowest BCUT2D eigenvalue weighted by Gasteiger charge is -2.10. The quantitative estimate of drug-likeness (QED) is 0.548. The number of anilines is 2. The Morgan fingerprint density at radius 1 is 1.30 bits per heavy atom. The predicted octanol–water partition coefficient (Wildman–Crippen LogP) is 4.69. The molecule has 0 aliphatic heterocycles. The van der Waals surface area contributed by atoms with Gasteiger partial charge in [-0.1, -0.05) is 17.7 Å². The lowest BCUT2D eigenvalue weighted by molar-refractivity contribution is 0.0939. The lowest BCUT2D eigenvalue weighted by atomic mass is 10.2. The van der Waals surface area contributed by atoms with Crippen LogP contribution in [0.2, 0.25) is 5.02 Å². The number of amides is 1. The van der Waals surface area contributed by atoms with E-state index < -0.39 is 0 Å². The summed E-state index contributed by atoms with van der Waals surface area (Å²) < 4.78 is 10.8. The smallest absolute Gasteiger partial charge is 0.270 e. The van der Waals surface area contributed by atoms with Crippen LogP contribution in [0.25, 0.3) is 11.0 Å². The van der Waals surface area contributed by atoms with Crippen LogP contribution in [-0.2, 0) is 4.74 Å². The molecule has 142 valence electrons. The molecule has 3 rings (SSSR count). The van der Waals surface area contributed by atoms with Gasteiger partial charge in [0.1, 0.15) is 17.1 Å². The van der Waals surface area contributed by atoms with E-state index in [2.05, 4.69) is 15.6 Å². The van der Waals surface area contributed by atoms with E-state index in [0.29, 0.717) is 36.2 Å². The van der Waals surface area contributed by atoms with Crippen LogP contribution in [0.5, 0.6) is 0 Å². The summed E-state index contributed by atoms with van der Waals surface area (Å²) >= 11 is 6.20. The number of nitrogens with one attached hydrogen (secondary N) is 2. The molecule has 2 aromatic heterocycles. The molecule has 2 N–H and O–H groups in total. The van der Waals surface area contributed by atoms with E-state index in [1.165, 1.54) is 0 Å². The molecular weight excluding hydrogens is 366 g/mol. The highest BCUT2D eigenvalue weighted by Gasteiger charge is 2.14. The third kappa shape index (κ3) is 4.78. The van der Waals surface area contributed by atoms with Gasteiger partial charge in [-0.05, 0) is 44.0 Å². The molecule has 0 aliphatic rings. The van der Waals surface area contributed by atoms with Crippen molar-refractivity contribution in [2.45, 2.75) is 20.3 Å². The molecule has 0 spiro atoms. The number of benzene rings is 1. The molecule has 0 saturated carbocycles. The van der Waals surface area contributed by atoms with Gasteiger partial charge in [0.05, 0.1) is 11.6 Å². The zero-order valence-corrected chi connectivity index (χ0v) is 16.1. The first-order chi connectivity index (χ1) is 13.1. The van der Waals surface area contributed by atoms with Gasteiger partial charge in [0.2, 0.25) is 0 Å². The summed E-state index contributed by atoms with van der Waals surface area (Å²) in [7, 11) is 0. The highest BCUT2D eigenvalue weighted by atomic mass is 35.5. The van der Waals surface area contributed by atoms with Crippen molar-refractivity contribution >= 4 is 40.0 Å². The van der Waals surface area contributed by atoms with Crippen LogP contribution in [0.4, 0.5) is 11.5 Å². The van der Waals surface area contributed by atoms with E-state index in [9.17, 15) is 4.79 Å². The topological polar surface area (TPSA) is 76.4 Å². The fourth-order valence-electron chi connectivity index (χ4n) is 2.60. The third-order valence-electron chi connectivity index (χ3n) is 4.07. The van der Waals surface area contributed by atoms with Gasteiger partial charge in [0.15, 0.2) is 0 Å². The first-order valence-corrected chi connectivity index (χ1v) is 9.23. The van der Waals surface area contributed by atoms with Crippen molar-refractivity contribution in [2.24, 2.45) is 0 Å². The number of pyridine rings is 1. The Morgan fingerprint density at radius 2 is 2.15 bits per heavy atom. The minimum atomic E-state index is -0.255. The van der Waals surface area contributed by atoms with E-state index >= 15 is 0 Å². The second kappa shape index (κ2) is 8.88. The molecule has 3 aromatic rings. The molecule has 6 nitrogen and oxygen atoms in total. The van der Waals surface area contributed by atoms with Crippen LogP contribution in [-0.4, -0.2) is 30.6 Å². The fraction of sp³-hybridized carbons (Fsp3) is 0.300. The average Bonchev–Trinajstić information content (AvgIpc) is 3.13. The molecule has 0 unspecified atom stereocenters. The van der Waals surface area contributed by atoms with Crippen molar-refractivity contribution in [1.82, 2.24) is 10.3 Å². The zero-order chi connectivity index (χ0) is 19.2. The molecule has 7 heteroatoms. The van der Waals surface area contributed by atoms with Crippen molar-refractivity contribution in [3.05, 3.63) is 52.9 Å². The Labute approximate surface area is 162 Å². The number of furan rings is 1. The Hall–Kier alpha value is -2.57. The van der Waals surface area contributed by atoms with E-state index in [4.69, 9.17) is 20.8 Å². The van der Waals surface area contributed by atoms with Crippen LogP contribution in [0.15, 0.2) is 41.0 Å². The molecule has 0 saturated heterocycles. The van der Waals surface area contributed by atoms with E-state index in [-0.39, 0.29) is 11.6 Å². The highest BCUT2D eigenvalue weighted by Crippen LogP contribution is 2.28. The number of halogens is 1. The Morgan fingerprint density at radius 3 is 2.93 bits per heavy atom. The van der Waals surface area contributed by atoms with Crippen LogP contribution >= 0.6 is 11.6 Å². The second-order valence-electron chi connectivity index (χ2n) is 6.08. The Bertz CT molecular complexity index is 939. The average molecular weight is 388 g/mol. The molecule has 0 radical (unpaired) electrons. The standard InChI is InChI=1S/C20H22ClN3O3/c1-3-26-9-4-8-22-20(25)17-12-18-15(7-10-27-18)19(24-17)23-14-6-5-13(2)16(21)11-14/h5-7,10-12H,3-4,8-9H2,1-2H3,(H,22,25)(H,23,24). The highest BCUT2D eigenvalue weighted by molar-refractivity contribution is 6.31. The first kappa shape index (κ1) is 19.2. The summed E-state index contributed by atoms with van der Waals surface area (Å²) in [6, 6.07) is 9.11. The van der Waals surface area contributed by atoms with Gasteiger partial charge >= 0.3 is 0 Å². The molecule has 0 bridgehead atoms. The predicted molar refractivity (Wildman–Crippen MR) is 107 cm³/mol. The maximum atomic E-state index is 12.4. The molecule has 1 aromatic carbocycles. The van der Waals surface area contributed by atoms with Gasteiger partial charge in [-0.2, -0.15) is 0 Å². The Kier molecular flexibility index (Phi) is 6.32. The van der Waals surface area contributed by atoms with Gasteiger partial charge < -0.3 is 19.8 Å². The summed E-state index contributed by atoms with van der Waals surface area (Å²) in [5, 5.41) is 7.53. The van der Waals surface area contributed by atoms with Gasteiger partial charge in [0, 0.05) is 36.5 Å². The monoisotopic (exact) mass is 387 g/mol.